The van der Waals surface area contributed by atoms with Crippen LogP contribution < -0.4 is 0 Å². The number of furan rings is 1. The van der Waals surface area contributed by atoms with Gasteiger partial charge in [0.15, 0.2) is 12.4 Å². The molecule has 0 N–H and O–H groups in total. The summed E-state index contributed by atoms with van der Waals surface area (Å²) < 4.78 is 20.9. The number of aromatic nitrogens is 2. The molecule has 0 spiro atoms. The predicted octanol–water partition coefficient (Wildman–Crippen LogP) is 2.56. The highest BCUT2D eigenvalue weighted by Crippen LogP contribution is 2.26. The van der Waals surface area contributed by atoms with Crippen molar-refractivity contribution < 1.29 is 27.9 Å². The lowest BCUT2D eigenvalue weighted by atomic mass is 9.93. The van der Waals surface area contributed by atoms with Gasteiger partial charge in [-0.3, -0.25) is 0 Å². The molecule has 0 saturated heterocycles. The van der Waals surface area contributed by atoms with E-state index in [1.165, 1.54) is 18.0 Å². The Balaban J connectivity index is 1.24. The van der Waals surface area contributed by atoms with E-state index in [9.17, 15) is 9.59 Å². The summed E-state index contributed by atoms with van der Waals surface area (Å²) in [4.78, 5) is 24.1. The summed E-state index contributed by atoms with van der Waals surface area (Å²) in [6.45, 7) is -0.144. The number of fused-ring (bicyclic) bond motifs is 1. The van der Waals surface area contributed by atoms with Crippen molar-refractivity contribution in [1.29, 1.82) is 0 Å². The average Bonchev–Trinajstić information content (AvgIpc) is 3.41. The van der Waals surface area contributed by atoms with E-state index in [1.807, 2.05) is 12.2 Å². The Kier molecular flexibility index (Phi) is 5.63. The third-order valence-electron chi connectivity index (χ3n) is 3.97. The molecule has 1 aliphatic heterocycles. The third-order valence-corrected chi connectivity index (χ3v) is 4.67. The second-order valence-corrected chi connectivity index (χ2v) is 6.79. The minimum Gasteiger partial charge on any atom is -0.459 e. The highest BCUT2D eigenvalue weighted by atomic mass is 32.2. The summed E-state index contributed by atoms with van der Waals surface area (Å²) in [5.74, 6) is 5.06. The molecular weight excluding hydrogens is 396 g/mol. The molecule has 1 aliphatic carbocycles. The first-order valence-corrected chi connectivity index (χ1v) is 9.60. The monoisotopic (exact) mass is 410 g/mol. The smallest absolute Gasteiger partial charge is 0.346 e. The fourth-order valence-corrected chi connectivity index (χ4v) is 3.15. The van der Waals surface area contributed by atoms with E-state index in [4.69, 9.17) is 18.3 Å². The van der Waals surface area contributed by atoms with Crippen molar-refractivity contribution in [1.82, 2.24) is 10.2 Å². The number of hydrogen-bond acceptors (Lipinski definition) is 9. The van der Waals surface area contributed by atoms with Gasteiger partial charge < -0.3 is 18.3 Å². The molecule has 3 heterocycles. The van der Waals surface area contributed by atoms with E-state index in [1.54, 1.807) is 30.4 Å². The molecule has 146 valence electrons. The Morgan fingerprint density at radius 3 is 3.00 bits per heavy atom. The van der Waals surface area contributed by atoms with E-state index in [-0.39, 0.29) is 30.1 Å². The van der Waals surface area contributed by atoms with Gasteiger partial charge >= 0.3 is 11.9 Å². The maximum absolute atomic E-state index is 12.1. The molecule has 4 rings (SSSR count). The van der Waals surface area contributed by atoms with Gasteiger partial charge in [-0.05, 0) is 18.2 Å². The number of carbonyl (C=O) groups is 2. The van der Waals surface area contributed by atoms with Crippen LogP contribution in [0.2, 0.25) is 0 Å². The van der Waals surface area contributed by atoms with Crippen molar-refractivity contribution in [2.75, 3.05) is 12.4 Å². The quantitative estimate of drug-likeness (QED) is 0.318. The van der Waals surface area contributed by atoms with Crippen LogP contribution in [0, 0.1) is 17.8 Å². The maximum atomic E-state index is 12.1. The Labute approximate surface area is 169 Å². The lowest BCUT2D eigenvalue weighted by Gasteiger charge is -2.26. The summed E-state index contributed by atoms with van der Waals surface area (Å²) in [6.07, 6.45) is 9.97. The number of carbonyl (C=O) groups excluding carboxylic acids is 2. The van der Waals surface area contributed by atoms with Crippen LogP contribution in [0.25, 0.3) is 11.7 Å². The van der Waals surface area contributed by atoms with Crippen LogP contribution in [0.5, 0.6) is 0 Å². The predicted molar refractivity (Wildman–Crippen MR) is 101 cm³/mol. The molecule has 0 fully saturated rings. The number of esters is 2. The zero-order valence-corrected chi connectivity index (χ0v) is 15.8. The summed E-state index contributed by atoms with van der Waals surface area (Å²) >= 11 is 1.24. The minimum absolute atomic E-state index is 0.112. The summed E-state index contributed by atoms with van der Waals surface area (Å²) in [5.41, 5.74) is -0.112. The minimum atomic E-state index is -0.752. The SMILES string of the molecule is O=C(OCC#CCSc1nnc(-c2ccco2)o1)C1=C[C@H]2C=CC=C[C@H]2OC1=O. The molecule has 8 nitrogen and oxygen atoms in total. The zero-order valence-electron chi connectivity index (χ0n) is 14.9. The van der Waals surface area contributed by atoms with Crippen LogP contribution >= 0.6 is 11.8 Å². The van der Waals surface area contributed by atoms with Gasteiger partial charge in [-0.2, -0.15) is 0 Å². The number of nitrogens with zero attached hydrogens (tertiary/aromatic N) is 2. The first kappa shape index (κ1) is 18.8. The van der Waals surface area contributed by atoms with Crippen molar-refractivity contribution >= 4 is 23.7 Å². The topological polar surface area (TPSA) is 105 Å². The van der Waals surface area contributed by atoms with Gasteiger partial charge in [-0.25, -0.2) is 9.59 Å². The molecule has 0 radical (unpaired) electrons. The summed E-state index contributed by atoms with van der Waals surface area (Å²) in [7, 11) is 0. The summed E-state index contributed by atoms with van der Waals surface area (Å²) in [5, 5.41) is 8.11. The van der Waals surface area contributed by atoms with Crippen molar-refractivity contribution in [2.24, 2.45) is 5.92 Å². The van der Waals surface area contributed by atoms with Gasteiger partial charge in [0, 0.05) is 5.92 Å². The number of rotatable bonds is 5. The van der Waals surface area contributed by atoms with Gasteiger partial charge in [0.1, 0.15) is 11.7 Å². The molecule has 0 unspecified atom stereocenters. The number of allylic oxidation sites excluding steroid dienone is 2. The molecular formula is C20H14N2O6S. The average molecular weight is 410 g/mol. The number of ether oxygens (including phenoxy) is 2. The van der Waals surface area contributed by atoms with Gasteiger partial charge in [-0.15, -0.1) is 10.2 Å². The third kappa shape index (κ3) is 4.50. The molecule has 2 aliphatic rings. The molecule has 9 heteroatoms. The Morgan fingerprint density at radius 2 is 2.14 bits per heavy atom. The molecule has 0 saturated carbocycles. The fourth-order valence-electron chi connectivity index (χ4n) is 2.62. The first-order valence-electron chi connectivity index (χ1n) is 8.61. The van der Waals surface area contributed by atoms with Crippen LogP contribution in [0.4, 0.5) is 0 Å². The van der Waals surface area contributed by atoms with Crippen molar-refractivity contribution in [3.05, 3.63) is 54.3 Å². The lowest BCUT2D eigenvalue weighted by molar-refractivity contribution is -0.150. The van der Waals surface area contributed by atoms with Crippen LogP contribution in [0.3, 0.4) is 0 Å². The molecule has 2 atom stereocenters. The largest absolute Gasteiger partial charge is 0.459 e. The van der Waals surface area contributed by atoms with E-state index < -0.39 is 11.9 Å². The van der Waals surface area contributed by atoms with E-state index in [0.29, 0.717) is 16.7 Å². The Bertz CT molecular complexity index is 1050. The van der Waals surface area contributed by atoms with Crippen LogP contribution in [-0.2, 0) is 19.1 Å². The second kappa shape index (κ2) is 8.67. The maximum Gasteiger partial charge on any atom is 0.346 e. The van der Waals surface area contributed by atoms with Crippen LogP contribution in [0.1, 0.15) is 0 Å². The van der Waals surface area contributed by atoms with E-state index in [2.05, 4.69) is 22.0 Å². The zero-order chi connectivity index (χ0) is 20.1. The van der Waals surface area contributed by atoms with Gasteiger partial charge in [-0.1, -0.05) is 47.9 Å². The van der Waals surface area contributed by atoms with E-state index in [0.717, 1.165) is 0 Å². The standard InChI is InChI=1S/C20H14N2O6S/c23-18(14-12-13-6-1-2-7-15(13)27-19(14)24)26-9-3-4-11-29-20-22-21-17(28-20)16-8-5-10-25-16/h1-2,5-8,10,12-13,15H,9,11H2/t13-,15-/m1/s1. The highest BCUT2D eigenvalue weighted by molar-refractivity contribution is 7.99. The van der Waals surface area contributed by atoms with Crippen LogP contribution in [0.15, 0.2) is 68.4 Å². The lowest BCUT2D eigenvalue weighted by Crippen LogP contribution is -2.33. The van der Waals surface area contributed by atoms with Crippen LogP contribution in [-0.4, -0.2) is 40.6 Å². The van der Waals surface area contributed by atoms with Gasteiger partial charge in [0.2, 0.25) is 0 Å². The molecule has 2 aromatic rings. The molecule has 0 amide bonds. The molecule has 0 aromatic carbocycles. The number of hydrogen-bond donors (Lipinski definition) is 0. The molecule has 29 heavy (non-hydrogen) atoms. The second-order valence-electron chi connectivity index (χ2n) is 5.87. The normalized spacial score (nSPS) is 19.6. The summed E-state index contributed by atoms with van der Waals surface area (Å²) in [6, 6.07) is 3.44. The first-order chi connectivity index (χ1) is 14.2. The van der Waals surface area contributed by atoms with Crippen molar-refractivity contribution in [2.45, 2.75) is 11.3 Å². The van der Waals surface area contributed by atoms with Crippen molar-refractivity contribution in [3.63, 3.8) is 0 Å². The molecule has 0 bridgehead atoms. The Morgan fingerprint density at radius 1 is 1.24 bits per heavy atom. The Hall–Kier alpha value is -3.51. The van der Waals surface area contributed by atoms with Crippen molar-refractivity contribution in [3.8, 4) is 23.5 Å². The number of thioether (sulfide) groups is 1. The highest BCUT2D eigenvalue weighted by Gasteiger charge is 2.33. The van der Waals surface area contributed by atoms with E-state index >= 15 is 0 Å². The van der Waals surface area contributed by atoms with Gasteiger partial charge in [0.25, 0.3) is 11.1 Å². The van der Waals surface area contributed by atoms with Gasteiger partial charge in [0.05, 0.1) is 12.0 Å². The molecule has 2 aromatic heterocycles. The fraction of sp³-hybridized carbons (Fsp3) is 0.200.